The molecule has 0 aliphatic carbocycles. The number of rotatable bonds is 9. The van der Waals surface area contributed by atoms with Crippen LogP contribution >= 0.6 is 0 Å². The molecule has 0 radical (unpaired) electrons. The fourth-order valence-electron chi connectivity index (χ4n) is 2.94. The summed E-state index contributed by atoms with van der Waals surface area (Å²) in [4.78, 5) is 34.6. The molecule has 3 aromatic rings. The smallest absolute Gasteiger partial charge is 0.343 e. The van der Waals surface area contributed by atoms with Gasteiger partial charge in [-0.25, -0.2) is 10.2 Å². The molecule has 1 amide bonds. The Morgan fingerprint density at radius 2 is 1.74 bits per heavy atom. The van der Waals surface area contributed by atoms with Gasteiger partial charge in [0.15, 0.2) is 11.5 Å². The van der Waals surface area contributed by atoms with Crippen molar-refractivity contribution in [1.82, 2.24) is 5.43 Å². The second-order valence-electron chi connectivity index (χ2n) is 6.93. The second kappa shape index (κ2) is 11.2. The molecule has 0 bridgehead atoms. The SMILES string of the molecule is COc1ccc(CC(=O)NN=Cc2cccc(OC(=O)c3ccc([N+](=O)[O-])cc3)c2)cc1OC. The van der Waals surface area contributed by atoms with Gasteiger partial charge >= 0.3 is 5.97 Å². The van der Waals surface area contributed by atoms with E-state index in [1.807, 2.05) is 0 Å². The number of carbonyl (C=O) groups is 2. The highest BCUT2D eigenvalue weighted by molar-refractivity contribution is 5.91. The van der Waals surface area contributed by atoms with Gasteiger partial charge in [-0.3, -0.25) is 14.9 Å². The fraction of sp³-hybridized carbons (Fsp3) is 0.125. The first-order valence-corrected chi connectivity index (χ1v) is 9.99. The standard InChI is InChI=1S/C24H21N3O7/c1-32-21-11-6-16(13-22(21)33-2)14-23(28)26-25-15-17-4-3-5-20(12-17)34-24(29)18-7-9-19(10-8-18)27(30)31/h3-13,15H,14H2,1-2H3,(H,26,28). The summed E-state index contributed by atoms with van der Waals surface area (Å²) in [6, 6.07) is 16.8. The molecule has 1 N–H and O–H groups in total. The van der Waals surface area contributed by atoms with E-state index in [1.54, 1.807) is 42.5 Å². The maximum atomic E-state index is 12.3. The number of amides is 1. The lowest BCUT2D eigenvalue weighted by atomic mass is 10.1. The average Bonchev–Trinajstić information content (AvgIpc) is 2.84. The van der Waals surface area contributed by atoms with Gasteiger partial charge in [0.25, 0.3) is 5.69 Å². The fourth-order valence-corrected chi connectivity index (χ4v) is 2.94. The minimum absolute atomic E-state index is 0.0879. The topological polar surface area (TPSA) is 129 Å². The van der Waals surface area contributed by atoms with Crippen molar-refractivity contribution in [2.24, 2.45) is 5.10 Å². The van der Waals surface area contributed by atoms with Crippen molar-refractivity contribution in [3.8, 4) is 17.2 Å². The molecule has 3 aromatic carbocycles. The summed E-state index contributed by atoms with van der Waals surface area (Å²) in [5.74, 6) is 0.357. The van der Waals surface area contributed by atoms with E-state index in [1.165, 1.54) is 44.7 Å². The molecular weight excluding hydrogens is 442 g/mol. The lowest BCUT2D eigenvalue weighted by molar-refractivity contribution is -0.384. The predicted octanol–water partition coefficient (Wildman–Crippen LogP) is 3.52. The quantitative estimate of drug-likeness (QED) is 0.169. The van der Waals surface area contributed by atoms with Gasteiger partial charge in [0, 0.05) is 12.1 Å². The molecule has 3 rings (SSSR count). The van der Waals surface area contributed by atoms with Crippen molar-refractivity contribution < 1.29 is 28.7 Å². The van der Waals surface area contributed by atoms with Crippen molar-refractivity contribution in [1.29, 1.82) is 0 Å². The zero-order valence-corrected chi connectivity index (χ0v) is 18.4. The lowest BCUT2D eigenvalue weighted by Gasteiger charge is -2.09. The molecule has 0 atom stereocenters. The van der Waals surface area contributed by atoms with Crippen LogP contribution in [0.3, 0.4) is 0 Å². The molecule has 0 fully saturated rings. The number of esters is 1. The van der Waals surface area contributed by atoms with Crippen LogP contribution in [0, 0.1) is 10.1 Å². The molecule has 10 nitrogen and oxygen atoms in total. The number of hydrogen-bond donors (Lipinski definition) is 1. The van der Waals surface area contributed by atoms with Crippen molar-refractivity contribution >= 4 is 23.8 Å². The van der Waals surface area contributed by atoms with Crippen molar-refractivity contribution in [2.75, 3.05) is 14.2 Å². The minimum atomic E-state index is -0.660. The van der Waals surface area contributed by atoms with Gasteiger partial charge in [-0.15, -0.1) is 0 Å². The Morgan fingerprint density at radius 3 is 2.41 bits per heavy atom. The summed E-state index contributed by atoms with van der Waals surface area (Å²) >= 11 is 0. The summed E-state index contributed by atoms with van der Waals surface area (Å²) in [5.41, 5.74) is 3.80. The van der Waals surface area contributed by atoms with Crippen molar-refractivity contribution in [3.05, 3.63) is 93.5 Å². The molecule has 0 aliphatic heterocycles. The summed E-state index contributed by atoms with van der Waals surface area (Å²) < 4.78 is 15.7. The Bertz CT molecular complexity index is 1220. The Morgan fingerprint density at radius 1 is 1.00 bits per heavy atom. The highest BCUT2D eigenvalue weighted by Crippen LogP contribution is 2.27. The van der Waals surface area contributed by atoms with Crippen molar-refractivity contribution in [3.63, 3.8) is 0 Å². The molecule has 0 unspecified atom stereocenters. The van der Waals surface area contributed by atoms with Gasteiger partial charge in [-0.1, -0.05) is 18.2 Å². The third kappa shape index (κ3) is 6.39. The third-order valence-corrected chi connectivity index (χ3v) is 4.60. The van der Waals surface area contributed by atoms with Crippen LogP contribution in [0.15, 0.2) is 71.8 Å². The van der Waals surface area contributed by atoms with Crippen LogP contribution in [0.2, 0.25) is 0 Å². The van der Waals surface area contributed by atoms with E-state index < -0.39 is 10.9 Å². The van der Waals surface area contributed by atoms with E-state index in [-0.39, 0.29) is 29.3 Å². The molecular formula is C24H21N3O7. The molecule has 0 spiro atoms. The highest BCUT2D eigenvalue weighted by Gasteiger charge is 2.12. The van der Waals surface area contributed by atoms with Gasteiger partial charge < -0.3 is 14.2 Å². The van der Waals surface area contributed by atoms with Crippen LogP contribution in [-0.2, 0) is 11.2 Å². The first-order chi connectivity index (χ1) is 16.4. The Kier molecular flexibility index (Phi) is 7.90. The van der Waals surface area contributed by atoms with Crippen LogP contribution in [0.4, 0.5) is 5.69 Å². The maximum absolute atomic E-state index is 12.3. The lowest BCUT2D eigenvalue weighted by Crippen LogP contribution is -2.19. The van der Waals surface area contributed by atoms with Gasteiger partial charge in [0.05, 0.1) is 37.3 Å². The first-order valence-electron chi connectivity index (χ1n) is 9.99. The van der Waals surface area contributed by atoms with E-state index in [4.69, 9.17) is 14.2 Å². The zero-order chi connectivity index (χ0) is 24.5. The van der Waals surface area contributed by atoms with Gasteiger partial charge in [0.1, 0.15) is 5.75 Å². The number of non-ortho nitro benzene ring substituents is 1. The molecule has 0 saturated carbocycles. The summed E-state index contributed by atoms with van der Waals surface area (Å²) in [6.45, 7) is 0. The number of nitro groups is 1. The third-order valence-electron chi connectivity index (χ3n) is 4.60. The monoisotopic (exact) mass is 463 g/mol. The summed E-state index contributed by atoms with van der Waals surface area (Å²) in [7, 11) is 3.05. The minimum Gasteiger partial charge on any atom is -0.493 e. The highest BCUT2D eigenvalue weighted by atomic mass is 16.6. The number of nitrogens with zero attached hydrogens (tertiary/aromatic N) is 2. The largest absolute Gasteiger partial charge is 0.493 e. The van der Waals surface area contributed by atoms with Gasteiger partial charge in [-0.05, 0) is 47.5 Å². The molecule has 174 valence electrons. The van der Waals surface area contributed by atoms with Crippen LogP contribution < -0.4 is 19.6 Å². The van der Waals surface area contributed by atoms with E-state index in [0.717, 1.165) is 5.56 Å². The number of benzene rings is 3. The number of hydrogen-bond acceptors (Lipinski definition) is 8. The van der Waals surface area contributed by atoms with Crippen LogP contribution in [-0.4, -0.2) is 37.2 Å². The molecule has 0 saturated heterocycles. The molecule has 34 heavy (non-hydrogen) atoms. The number of nitrogens with one attached hydrogen (secondary N) is 1. The number of methoxy groups -OCH3 is 2. The van der Waals surface area contributed by atoms with E-state index in [0.29, 0.717) is 17.1 Å². The zero-order valence-electron chi connectivity index (χ0n) is 18.4. The van der Waals surface area contributed by atoms with Gasteiger partial charge in [0.2, 0.25) is 5.91 Å². The van der Waals surface area contributed by atoms with E-state index in [9.17, 15) is 19.7 Å². The second-order valence-corrected chi connectivity index (χ2v) is 6.93. The summed E-state index contributed by atoms with van der Waals surface area (Å²) in [6.07, 6.45) is 1.50. The van der Waals surface area contributed by atoms with E-state index >= 15 is 0 Å². The number of hydrazone groups is 1. The molecule has 10 heteroatoms. The summed E-state index contributed by atoms with van der Waals surface area (Å²) in [5, 5.41) is 14.7. The Labute approximate surface area is 194 Å². The van der Waals surface area contributed by atoms with Crippen LogP contribution in [0.5, 0.6) is 17.2 Å². The van der Waals surface area contributed by atoms with Crippen LogP contribution in [0.25, 0.3) is 0 Å². The number of nitro benzene ring substituents is 1. The average molecular weight is 463 g/mol. The predicted molar refractivity (Wildman–Crippen MR) is 123 cm³/mol. The van der Waals surface area contributed by atoms with Crippen molar-refractivity contribution in [2.45, 2.75) is 6.42 Å². The first kappa shape index (κ1) is 23.9. The van der Waals surface area contributed by atoms with E-state index in [2.05, 4.69) is 10.5 Å². The molecule has 0 aliphatic rings. The molecule has 0 heterocycles. The van der Waals surface area contributed by atoms with Crippen LogP contribution in [0.1, 0.15) is 21.5 Å². The van der Waals surface area contributed by atoms with Gasteiger partial charge in [-0.2, -0.15) is 5.10 Å². The maximum Gasteiger partial charge on any atom is 0.343 e. The Balaban J connectivity index is 1.57. The number of carbonyl (C=O) groups excluding carboxylic acids is 2. The Hall–Kier alpha value is -4.73. The number of ether oxygens (including phenoxy) is 3. The molecule has 0 aromatic heterocycles. The normalized spacial score (nSPS) is 10.5.